The molecular formula is C24H32N4O4. The van der Waals surface area contributed by atoms with Crippen molar-refractivity contribution in [3.63, 3.8) is 0 Å². The number of hydrogen-bond acceptors (Lipinski definition) is 6. The summed E-state index contributed by atoms with van der Waals surface area (Å²) in [7, 11) is 1.75. The van der Waals surface area contributed by atoms with Gasteiger partial charge in [-0.05, 0) is 29.8 Å². The molecular weight excluding hydrogens is 408 g/mol. The maximum Gasteiger partial charge on any atom is 0.195 e. The predicted molar refractivity (Wildman–Crippen MR) is 125 cm³/mol. The van der Waals surface area contributed by atoms with Gasteiger partial charge in [-0.3, -0.25) is 9.89 Å². The highest BCUT2D eigenvalue weighted by Gasteiger charge is 2.12. The fourth-order valence-corrected chi connectivity index (χ4v) is 3.61. The number of morpholine rings is 1. The first-order chi connectivity index (χ1) is 15.8. The molecule has 0 saturated carbocycles. The van der Waals surface area contributed by atoms with E-state index in [2.05, 4.69) is 32.7 Å². The number of guanidine groups is 1. The van der Waals surface area contributed by atoms with Crippen molar-refractivity contribution in [2.45, 2.75) is 13.0 Å². The second kappa shape index (κ2) is 11.6. The van der Waals surface area contributed by atoms with E-state index in [1.165, 1.54) is 0 Å². The summed E-state index contributed by atoms with van der Waals surface area (Å²) < 4.78 is 22.8. The van der Waals surface area contributed by atoms with Gasteiger partial charge in [-0.15, -0.1) is 0 Å². The Bertz CT molecular complexity index is 899. The minimum absolute atomic E-state index is 0.630. The second-order valence-electron chi connectivity index (χ2n) is 7.71. The summed E-state index contributed by atoms with van der Waals surface area (Å²) >= 11 is 0. The van der Waals surface area contributed by atoms with Crippen LogP contribution in [0.4, 0.5) is 5.69 Å². The molecule has 0 aromatic heterocycles. The molecule has 2 heterocycles. The van der Waals surface area contributed by atoms with Crippen LogP contribution in [0.1, 0.15) is 12.0 Å². The fraction of sp³-hybridized carbons (Fsp3) is 0.458. The van der Waals surface area contributed by atoms with E-state index in [4.69, 9.17) is 18.9 Å². The summed E-state index contributed by atoms with van der Waals surface area (Å²) in [5, 5.41) is 6.66. The Morgan fingerprint density at radius 1 is 1.03 bits per heavy atom. The standard InChI is InChI=1S/C24H32N4O4/c1-25-24(27-20-6-7-22-23(17-20)32-12-3-11-31-22)26-18-19-4-2-5-21(16-19)30-15-10-28-8-13-29-14-9-28/h2,4-7,16-17H,3,8-15,18H2,1H3,(H2,25,26,27). The third kappa shape index (κ3) is 6.51. The number of anilines is 1. The monoisotopic (exact) mass is 440 g/mol. The number of nitrogens with zero attached hydrogens (tertiary/aromatic N) is 2. The van der Waals surface area contributed by atoms with Crippen LogP contribution in [0.25, 0.3) is 0 Å². The summed E-state index contributed by atoms with van der Waals surface area (Å²) in [4.78, 5) is 6.69. The van der Waals surface area contributed by atoms with Gasteiger partial charge in [0.25, 0.3) is 0 Å². The Balaban J connectivity index is 1.26. The number of aliphatic imine (C=N–C) groups is 1. The average molecular weight is 441 g/mol. The topological polar surface area (TPSA) is 76.6 Å². The molecule has 32 heavy (non-hydrogen) atoms. The molecule has 0 bridgehead atoms. The Labute approximate surface area is 189 Å². The van der Waals surface area contributed by atoms with Gasteiger partial charge in [-0.1, -0.05) is 12.1 Å². The summed E-state index contributed by atoms with van der Waals surface area (Å²) in [5.74, 6) is 3.09. The number of hydrogen-bond donors (Lipinski definition) is 2. The van der Waals surface area contributed by atoms with E-state index < -0.39 is 0 Å². The van der Waals surface area contributed by atoms with E-state index in [1.807, 2.05) is 30.3 Å². The molecule has 0 spiro atoms. The Kier molecular flexibility index (Phi) is 8.05. The molecule has 4 rings (SSSR count). The van der Waals surface area contributed by atoms with Gasteiger partial charge < -0.3 is 29.6 Å². The summed E-state index contributed by atoms with van der Waals surface area (Å²) in [5.41, 5.74) is 2.01. The highest BCUT2D eigenvalue weighted by Crippen LogP contribution is 2.32. The maximum atomic E-state index is 5.96. The second-order valence-corrected chi connectivity index (χ2v) is 7.71. The van der Waals surface area contributed by atoms with E-state index in [0.29, 0.717) is 32.3 Å². The number of benzene rings is 2. The van der Waals surface area contributed by atoms with Gasteiger partial charge in [0.1, 0.15) is 12.4 Å². The lowest BCUT2D eigenvalue weighted by molar-refractivity contribution is 0.0322. The van der Waals surface area contributed by atoms with Crippen molar-refractivity contribution in [3.8, 4) is 17.2 Å². The van der Waals surface area contributed by atoms with E-state index in [0.717, 1.165) is 67.8 Å². The number of rotatable bonds is 7. The molecule has 0 aliphatic carbocycles. The molecule has 2 N–H and O–H groups in total. The molecule has 2 aromatic carbocycles. The summed E-state index contributed by atoms with van der Waals surface area (Å²) in [6, 6.07) is 14.0. The molecule has 0 radical (unpaired) electrons. The zero-order valence-corrected chi connectivity index (χ0v) is 18.6. The quantitative estimate of drug-likeness (QED) is 0.506. The molecule has 2 aromatic rings. The highest BCUT2D eigenvalue weighted by atomic mass is 16.5. The molecule has 0 atom stereocenters. The largest absolute Gasteiger partial charge is 0.492 e. The number of nitrogens with one attached hydrogen (secondary N) is 2. The van der Waals surface area contributed by atoms with Gasteiger partial charge in [0.15, 0.2) is 17.5 Å². The number of ether oxygens (including phenoxy) is 4. The molecule has 1 fully saturated rings. The molecule has 172 valence electrons. The first-order valence-electron chi connectivity index (χ1n) is 11.2. The lowest BCUT2D eigenvalue weighted by Crippen LogP contribution is -2.38. The van der Waals surface area contributed by atoms with Crippen molar-refractivity contribution in [2.75, 3.05) is 65.0 Å². The molecule has 1 saturated heterocycles. The maximum absolute atomic E-state index is 5.96. The van der Waals surface area contributed by atoms with Crippen LogP contribution in [0.5, 0.6) is 17.2 Å². The minimum atomic E-state index is 0.630. The van der Waals surface area contributed by atoms with Crippen molar-refractivity contribution in [1.29, 1.82) is 0 Å². The van der Waals surface area contributed by atoms with Gasteiger partial charge >= 0.3 is 0 Å². The zero-order chi connectivity index (χ0) is 22.0. The van der Waals surface area contributed by atoms with E-state index >= 15 is 0 Å². The van der Waals surface area contributed by atoms with Crippen LogP contribution in [-0.4, -0.2) is 70.6 Å². The van der Waals surface area contributed by atoms with Crippen molar-refractivity contribution in [2.24, 2.45) is 4.99 Å². The molecule has 0 unspecified atom stereocenters. The SMILES string of the molecule is CN=C(NCc1cccc(OCCN2CCOCC2)c1)Nc1ccc2c(c1)OCCCO2. The summed E-state index contributed by atoms with van der Waals surface area (Å²) in [6.07, 6.45) is 0.886. The van der Waals surface area contributed by atoms with Crippen molar-refractivity contribution in [1.82, 2.24) is 10.2 Å². The van der Waals surface area contributed by atoms with Gasteiger partial charge in [-0.2, -0.15) is 0 Å². The average Bonchev–Trinajstić information content (AvgIpc) is 3.08. The van der Waals surface area contributed by atoms with Crippen LogP contribution in [0.3, 0.4) is 0 Å². The number of fused-ring (bicyclic) bond motifs is 1. The fourth-order valence-electron chi connectivity index (χ4n) is 3.61. The Hall–Kier alpha value is -2.97. The van der Waals surface area contributed by atoms with E-state index in [-0.39, 0.29) is 0 Å². The van der Waals surface area contributed by atoms with Crippen LogP contribution in [-0.2, 0) is 11.3 Å². The van der Waals surface area contributed by atoms with Gasteiger partial charge in [0.2, 0.25) is 0 Å². The van der Waals surface area contributed by atoms with E-state index in [1.54, 1.807) is 7.05 Å². The van der Waals surface area contributed by atoms with Gasteiger partial charge in [-0.25, -0.2) is 0 Å². The van der Waals surface area contributed by atoms with Crippen LogP contribution in [0.15, 0.2) is 47.5 Å². The molecule has 0 amide bonds. The van der Waals surface area contributed by atoms with Crippen LogP contribution >= 0.6 is 0 Å². The first kappa shape index (κ1) is 22.2. The third-order valence-electron chi connectivity index (χ3n) is 5.37. The first-order valence-corrected chi connectivity index (χ1v) is 11.2. The Morgan fingerprint density at radius 3 is 2.72 bits per heavy atom. The van der Waals surface area contributed by atoms with Gasteiger partial charge in [0, 0.05) is 51.4 Å². The van der Waals surface area contributed by atoms with Crippen LogP contribution in [0, 0.1) is 0 Å². The lowest BCUT2D eigenvalue weighted by Gasteiger charge is -2.26. The van der Waals surface area contributed by atoms with Crippen molar-refractivity contribution >= 4 is 11.6 Å². The summed E-state index contributed by atoms with van der Waals surface area (Å²) in [6.45, 7) is 7.12. The predicted octanol–water partition coefficient (Wildman–Crippen LogP) is 2.75. The van der Waals surface area contributed by atoms with Crippen molar-refractivity contribution in [3.05, 3.63) is 48.0 Å². The molecule has 2 aliphatic rings. The highest BCUT2D eigenvalue weighted by molar-refractivity contribution is 5.93. The zero-order valence-electron chi connectivity index (χ0n) is 18.6. The van der Waals surface area contributed by atoms with Crippen LogP contribution < -0.4 is 24.8 Å². The molecule has 8 heteroatoms. The minimum Gasteiger partial charge on any atom is -0.492 e. The van der Waals surface area contributed by atoms with E-state index in [9.17, 15) is 0 Å². The lowest BCUT2D eigenvalue weighted by atomic mass is 10.2. The molecule has 2 aliphatic heterocycles. The normalized spacial score (nSPS) is 16.8. The van der Waals surface area contributed by atoms with Gasteiger partial charge in [0.05, 0.1) is 26.4 Å². The van der Waals surface area contributed by atoms with Crippen LogP contribution in [0.2, 0.25) is 0 Å². The smallest absolute Gasteiger partial charge is 0.195 e. The third-order valence-corrected chi connectivity index (χ3v) is 5.37. The Morgan fingerprint density at radius 2 is 1.88 bits per heavy atom. The molecule has 8 nitrogen and oxygen atoms in total. The van der Waals surface area contributed by atoms with Crippen molar-refractivity contribution < 1.29 is 18.9 Å².